The number of hydrogen-bond donors (Lipinski definition) is 2. The molecule has 0 heterocycles. The third-order valence-corrected chi connectivity index (χ3v) is 4.46. The maximum Gasteiger partial charge on any atom is 0.337 e. The summed E-state index contributed by atoms with van der Waals surface area (Å²) in [5.74, 6) is -1.76. The second-order valence-corrected chi connectivity index (χ2v) is 6.34. The summed E-state index contributed by atoms with van der Waals surface area (Å²) in [5.41, 5.74) is 0.799. The normalized spacial score (nSPS) is 10.6. The molecule has 0 aliphatic carbocycles. The summed E-state index contributed by atoms with van der Waals surface area (Å²) in [7, 11) is 0. The van der Waals surface area contributed by atoms with Gasteiger partial charge in [-0.1, -0.05) is 37.6 Å². The number of carboxylic acids is 1. The summed E-state index contributed by atoms with van der Waals surface area (Å²) in [5, 5.41) is 12.1. The predicted octanol–water partition coefficient (Wildman–Crippen LogP) is 4.91. The molecular formula is C20H20ClNO4. The van der Waals surface area contributed by atoms with Gasteiger partial charge in [-0.25, -0.2) is 4.79 Å². The smallest absolute Gasteiger partial charge is 0.337 e. The van der Waals surface area contributed by atoms with Crippen LogP contribution in [0.4, 0.5) is 5.69 Å². The zero-order chi connectivity index (χ0) is 19.3. The zero-order valence-electron chi connectivity index (χ0n) is 14.6. The number of anilines is 1. The maximum atomic E-state index is 12.5. The van der Waals surface area contributed by atoms with Crippen LogP contribution in [0, 0.1) is 5.92 Å². The van der Waals surface area contributed by atoms with Crippen LogP contribution < -0.4 is 5.32 Å². The first-order valence-electron chi connectivity index (χ1n) is 8.35. The lowest BCUT2D eigenvalue weighted by Crippen LogP contribution is -2.17. The molecule has 0 saturated carbocycles. The summed E-state index contributed by atoms with van der Waals surface area (Å²) < 4.78 is 0. The average molecular weight is 374 g/mol. The molecule has 0 bridgehead atoms. The summed E-state index contributed by atoms with van der Waals surface area (Å²) in [6.07, 6.45) is 1.47. The van der Waals surface area contributed by atoms with Gasteiger partial charge in [-0.2, -0.15) is 0 Å². The Hall–Kier alpha value is -2.66. The molecule has 5 nitrogen and oxygen atoms in total. The number of benzene rings is 2. The minimum absolute atomic E-state index is 0.00219. The van der Waals surface area contributed by atoms with Crippen LogP contribution in [0.2, 0.25) is 5.02 Å². The van der Waals surface area contributed by atoms with Gasteiger partial charge in [0.15, 0.2) is 5.78 Å². The summed E-state index contributed by atoms with van der Waals surface area (Å²) in [6, 6.07) is 10.6. The van der Waals surface area contributed by atoms with Crippen molar-refractivity contribution in [3.05, 3.63) is 64.2 Å². The molecule has 2 aromatic rings. The topological polar surface area (TPSA) is 83.5 Å². The molecule has 0 aliphatic heterocycles. The summed E-state index contributed by atoms with van der Waals surface area (Å²) >= 11 is 5.81. The van der Waals surface area contributed by atoms with E-state index in [1.807, 2.05) is 13.8 Å². The first-order valence-corrected chi connectivity index (χ1v) is 8.73. The van der Waals surface area contributed by atoms with Gasteiger partial charge in [-0.3, -0.25) is 9.59 Å². The van der Waals surface area contributed by atoms with Crippen LogP contribution in [0.15, 0.2) is 42.5 Å². The van der Waals surface area contributed by atoms with Crippen LogP contribution >= 0.6 is 11.6 Å². The fraction of sp³-hybridized carbons (Fsp3) is 0.250. The molecule has 0 fully saturated rings. The number of carbonyl (C=O) groups excluding carboxylic acids is 2. The number of ketones is 1. The number of hydrogen-bond acceptors (Lipinski definition) is 3. The Bertz CT molecular complexity index is 843. The van der Waals surface area contributed by atoms with Crippen LogP contribution in [0.25, 0.3) is 0 Å². The van der Waals surface area contributed by atoms with E-state index in [-0.39, 0.29) is 33.5 Å². The second kappa shape index (κ2) is 8.63. The predicted molar refractivity (Wildman–Crippen MR) is 101 cm³/mol. The van der Waals surface area contributed by atoms with E-state index in [2.05, 4.69) is 5.32 Å². The number of aromatic carboxylic acids is 1. The number of amides is 1. The van der Waals surface area contributed by atoms with Gasteiger partial charge in [0, 0.05) is 22.1 Å². The number of rotatable bonds is 7. The molecule has 0 unspecified atom stereocenters. The fourth-order valence-corrected chi connectivity index (χ4v) is 2.88. The monoisotopic (exact) mass is 373 g/mol. The third kappa shape index (κ3) is 4.49. The van der Waals surface area contributed by atoms with Crippen molar-refractivity contribution >= 4 is 34.9 Å². The number of carbonyl (C=O) groups is 3. The molecule has 0 spiro atoms. The molecule has 2 aromatic carbocycles. The van der Waals surface area contributed by atoms with Crippen molar-refractivity contribution in [2.45, 2.75) is 26.7 Å². The highest BCUT2D eigenvalue weighted by Gasteiger charge is 2.19. The highest BCUT2D eigenvalue weighted by Crippen LogP contribution is 2.22. The summed E-state index contributed by atoms with van der Waals surface area (Å²) in [4.78, 5) is 36.3. The van der Waals surface area contributed by atoms with Gasteiger partial charge in [0.2, 0.25) is 0 Å². The summed E-state index contributed by atoms with van der Waals surface area (Å²) in [6.45, 7) is 3.91. The Labute approximate surface area is 157 Å². The third-order valence-electron chi connectivity index (χ3n) is 4.23. The Balaban J connectivity index is 2.28. The highest BCUT2D eigenvalue weighted by atomic mass is 35.5. The van der Waals surface area contributed by atoms with Crippen molar-refractivity contribution in [2.75, 3.05) is 5.32 Å². The molecule has 26 heavy (non-hydrogen) atoms. The van der Waals surface area contributed by atoms with Crippen molar-refractivity contribution in [2.24, 2.45) is 5.92 Å². The molecule has 0 aromatic heterocycles. The van der Waals surface area contributed by atoms with Gasteiger partial charge in [0.1, 0.15) is 0 Å². The zero-order valence-corrected chi connectivity index (χ0v) is 15.3. The lowest BCUT2D eigenvalue weighted by Gasteiger charge is -2.12. The SMILES string of the molecule is CCC(CC)C(=O)c1cccc(C(=O)Nc2ccc(Cl)cc2C(=O)O)c1. The number of Topliss-reactive ketones (excluding diaryl/α,β-unsaturated/α-hetero) is 1. The molecule has 0 atom stereocenters. The minimum Gasteiger partial charge on any atom is -0.478 e. The Morgan fingerprint density at radius 1 is 1.04 bits per heavy atom. The lowest BCUT2D eigenvalue weighted by atomic mass is 9.92. The number of halogens is 1. The Kier molecular flexibility index (Phi) is 6.52. The second-order valence-electron chi connectivity index (χ2n) is 5.91. The van der Waals surface area contributed by atoms with Gasteiger partial charge >= 0.3 is 5.97 Å². The van der Waals surface area contributed by atoms with Crippen LogP contribution in [0.5, 0.6) is 0 Å². The van der Waals surface area contributed by atoms with Crippen molar-refractivity contribution in [3.8, 4) is 0 Å². The number of carboxylic acid groups (broad SMARTS) is 1. The molecule has 0 radical (unpaired) electrons. The molecule has 2 N–H and O–H groups in total. The van der Waals surface area contributed by atoms with E-state index in [0.717, 1.165) is 12.8 Å². The van der Waals surface area contributed by atoms with E-state index in [1.54, 1.807) is 18.2 Å². The quantitative estimate of drug-likeness (QED) is 0.675. The molecule has 0 saturated heterocycles. The first-order chi connectivity index (χ1) is 12.4. The fourth-order valence-electron chi connectivity index (χ4n) is 2.71. The minimum atomic E-state index is -1.19. The molecule has 136 valence electrons. The molecular weight excluding hydrogens is 354 g/mol. The van der Waals surface area contributed by atoms with E-state index >= 15 is 0 Å². The van der Waals surface area contributed by atoms with Crippen LogP contribution in [0.1, 0.15) is 57.8 Å². The first kappa shape index (κ1) is 19.7. The van der Waals surface area contributed by atoms with Crippen molar-refractivity contribution in [3.63, 3.8) is 0 Å². The molecule has 6 heteroatoms. The Morgan fingerprint density at radius 3 is 2.31 bits per heavy atom. The van der Waals surface area contributed by atoms with Gasteiger partial charge in [0.25, 0.3) is 5.91 Å². The van der Waals surface area contributed by atoms with Crippen molar-refractivity contribution in [1.29, 1.82) is 0 Å². The largest absolute Gasteiger partial charge is 0.478 e. The van der Waals surface area contributed by atoms with E-state index < -0.39 is 11.9 Å². The van der Waals surface area contributed by atoms with Crippen LogP contribution in [-0.4, -0.2) is 22.8 Å². The Morgan fingerprint density at radius 2 is 1.69 bits per heavy atom. The van der Waals surface area contributed by atoms with Gasteiger partial charge in [-0.15, -0.1) is 0 Å². The van der Waals surface area contributed by atoms with Crippen LogP contribution in [-0.2, 0) is 0 Å². The van der Waals surface area contributed by atoms with Crippen molar-refractivity contribution in [1.82, 2.24) is 0 Å². The van der Waals surface area contributed by atoms with Gasteiger partial charge < -0.3 is 10.4 Å². The lowest BCUT2D eigenvalue weighted by molar-refractivity contribution is 0.0697. The molecule has 0 aliphatic rings. The standard InChI is InChI=1S/C20H20ClNO4/c1-3-12(4-2)18(23)13-6-5-7-14(10-13)19(24)22-17-9-8-15(21)11-16(17)20(25)26/h5-12H,3-4H2,1-2H3,(H,22,24)(H,25,26). The van der Waals surface area contributed by atoms with Gasteiger partial charge in [-0.05, 0) is 43.2 Å². The maximum absolute atomic E-state index is 12.5. The van der Waals surface area contributed by atoms with Crippen LogP contribution in [0.3, 0.4) is 0 Å². The van der Waals surface area contributed by atoms with Gasteiger partial charge in [0.05, 0.1) is 11.3 Å². The van der Waals surface area contributed by atoms with E-state index in [4.69, 9.17) is 11.6 Å². The van der Waals surface area contributed by atoms with E-state index in [0.29, 0.717) is 5.56 Å². The number of nitrogens with one attached hydrogen (secondary N) is 1. The molecule has 1 amide bonds. The van der Waals surface area contributed by atoms with E-state index in [9.17, 15) is 19.5 Å². The van der Waals surface area contributed by atoms with Crippen molar-refractivity contribution < 1.29 is 19.5 Å². The molecule has 2 rings (SSSR count). The van der Waals surface area contributed by atoms with E-state index in [1.165, 1.54) is 24.3 Å². The highest BCUT2D eigenvalue weighted by molar-refractivity contribution is 6.31. The average Bonchev–Trinajstić information content (AvgIpc) is 2.64.